The van der Waals surface area contributed by atoms with E-state index < -0.39 is 24.0 Å². The van der Waals surface area contributed by atoms with Crippen molar-refractivity contribution >= 4 is 18.0 Å². The third-order valence-corrected chi connectivity index (χ3v) is 2.06. The topological polar surface area (TPSA) is 155 Å². The fourth-order valence-electron chi connectivity index (χ4n) is 1.16. The van der Waals surface area contributed by atoms with E-state index >= 15 is 0 Å². The van der Waals surface area contributed by atoms with Crippen LogP contribution in [0, 0.1) is 0 Å². The number of urea groups is 1. The molecule has 0 saturated carbocycles. The molecule has 0 saturated heterocycles. The van der Waals surface area contributed by atoms with Crippen LogP contribution in [0.1, 0.15) is 18.7 Å². The number of aliphatic carboxylic acids is 2. The van der Waals surface area contributed by atoms with Crippen molar-refractivity contribution < 1.29 is 29.1 Å². The fraction of sp³-hybridized carbons (Fsp3) is 0.444. The van der Waals surface area contributed by atoms with Crippen LogP contribution in [-0.2, 0) is 16.1 Å². The highest BCUT2D eigenvalue weighted by molar-refractivity contribution is 5.82. The van der Waals surface area contributed by atoms with Gasteiger partial charge in [0.05, 0.1) is 6.54 Å². The number of nitrogens with one attached hydrogen (secondary N) is 2. The van der Waals surface area contributed by atoms with E-state index in [-0.39, 0.29) is 25.2 Å². The van der Waals surface area contributed by atoms with Gasteiger partial charge in [0.1, 0.15) is 6.04 Å². The molecule has 0 fully saturated rings. The van der Waals surface area contributed by atoms with Crippen molar-refractivity contribution in [2.24, 2.45) is 0 Å². The predicted molar refractivity (Wildman–Crippen MR) is 58.0 cm³/mol. The summed E-state index contributed by atoms with van der Waals surface area (Å²) in [5.74, 6) is -2.22. The Labute approximate surface area is 106 Å². The highest BCUT2D eigenvalue weighted by Gasteiger charge is 2.20. The maximum atomic E-state index is 11.4. The Hall–Kier alpha value is -2.65. The van der Waals surface area contributed by atoms with Crippen molar-refractivity contribution in [3.05, 3.63) is 12.2 Å². The van der Waals surface area contributed by atoms with Crippen molar-refractivity contribution in [3.8, 4) is 0 Å². The zero-order chi connectivity index (χ0) is 14.3. The normalized spacial score (nSPS) is 11.6. The van der Waals surface area contributed by atoms with Crippen molar-refractivity contribution in [2.45, 2.75) is 25.4 Å². The Morgan fingerprint density at radius 3 is 2.63 bits per heavy atom. The smallest absolute Gasteiger partial charge is 0.326 e. The second kappa shape index (κ2) is 6.93. The first-order chi connectivity index (χ1) is 8.99. The van der Waals surface area contributed by atoms with Crippen LogP contribution < -0.4 is 10.6 Å². The van der Waals surface area contributed by atoms with Crippen LogP contribution >= 0.6 is 0 Å². The summed E-state index contributed by atoms with van der Waals surface area (Å²) >= 11 is 0. The molecule has 1 aromatic rings. The summed E-state index contributed by atoms with van der Waals surface area (Å²) < 4.78 is 4.44. The highest BCUT2D eigenvalue weighted by Crippen LogP contribution is 1.98. The van der Waals surface area contributed by atoms with E-state index in [2.05, 4.69) is 25.3 Å². The molecule has 1 atom stereocenters. The van der Waals surface area contributed by atoms with Gasteiger partial charge >= 0.3 is 18.0 Å². The number of carboxylic acids is 2. The van der Waals surface area contributed by atoms with Gasteiger partial charge in [0.2, 0.25) is 6.39 Å². The van der Waals surface area contributed by atoms with Crippen LogP contribution in [-0.4, -0.2) is 44.4 Å². The molecule has 0 bridgehead atoms. The number of hydrogen-bond acceptors (Lipinski definition) is 6. The number of hydrogen-bond donors (Lipinski definition) is 4. The van der Waals surface area contributed by atoms with Gasteiger partial charge in [0, 0.05) is 6.42 Å². The van der Waals surface area contributed by atoms with Crippen LogP contribution in [0.25, 0.3) is 0 Å². The number of carbonyl (C=O) groups is 3. The average molecular weight is 272 g/mol. The lowest BCUT2D eigenvalue weighted by Crippen LogP contribution is -2.46. The summed E-state index contributed by atoms with van der Waals surface area (Å²) in [7, 11) is 0. The molecule has 1 unspecified atom stereocenters. The molecule has 0 aliphatic carbocycles. The molecule has 0 spiro atoms. The lowest BCUT2D eigenvalue weighted by molar-refractivity contribution is -0.140. The van der Waals surface area contributed by atoms with E-state index in [4.69, 9.17) is 10.2 Å². The van der Waals surface area contributed by atoms with Crippen molar-refractivity contribution in [2.75, 3.05) is 0 Å². The average Bonchev–Trinajstić information content (AvgIpc) is 2.84. The van der Waals surface area contributed by atoms with E-state index in [1.54, 1.807) is 0 Å². The van der Waals surface area contributed by atoms with Gasteiger partial charge in [-0.25, -0.2) is 9.59 Å². The first-order valence-corrected chi connectivity index (χ1v) is 5.23. The standard InChI is InChI=1S/C9H12N4O6/c14-7(15)2-1-5(8(16)17)12-9(18)10-3-6-11-4-19-13-6/h4-5H,1-3H2,(H,14,15)(H,16,17)(H2,10,12,18). The second-order valence-electron chi connectivity index (χ2n) is 3.50. The number of carboxylic acid groups (broad SMARTS) is 2. The molecule has 0 aromatic carbocycles. The van der Waals surface area contributed by atoms with E-state index in [0.717, 1.165) is 6.39 Å². The monoisotopic (exact) mass is 272 g/mol. The minimum Gasteiger partial charge on any atom is -0.481 e. The van der Waals surface area contributed by atoms with E-state index in [9.17, 15) is 14.4 Å². The molecule has 104 valence electrons. The van der Waals surface area contributed by atoms with Crippen LogP contribution in [0.4, 0.5) is 4.79 Å². The molecule has 0 aliphatic heterocycles. The van der Waals surface area contributed by atoms with Crippen molar-refractivity contribution in [3.63, 3.8) is 0 Å². The maximum absolute atomic E-state index is 11.4. The summed E-state index contributed by atoms with van der Waals surface area (Å²) in [5.41, 5.74) is 0. The number of aromatic nitrogens is 2. The van der Waals surface area contributed by atoms with Gasteiger partial charge in [0.15, 0.2) is 5.82 Å². The van der Waals surface area contributed by atoms with Crippen LogP contribution in [0.5, 0.6) is 0 Å². The quantitative estimate of drug-likeness (QED) is 0.502. The second-order valence-corrected chi connectivity index (χ2v) is 3.50. The molecule has 1 heterocycles. The predicted octanol–water partition coefficient (Wildman–Crippen LogP) is -0.813. The zero-order valence-corrected chi connectivity index (χ0v) is 9.70. The number of nitrogens with zero attached hydrogens (tertiary/aromatic N) is 2. The minimum atomic E-state index is -1.31. The first-order valence-electron chi connectivity index (χ1n) is 5.23. The lowest BCUT2D eigenvalue weighted by Gasteiger charge is -2.13. The zero-order valence-electron chi connectivity index (χ0n) is 9.70. The molecule has 4 N–H and O–H groups in total. The van der Waals surface area contributed by atoms with E-state index in [1.807, 2.05) is 0 Å². The van der Waals surface area contributed by atoms with Crippen molar-refractivity contribution in [1.29, 1.82) is 0 Å². The van der Waals surface area contributed by atoms with E-state index in [1.165, 1.54) is 0 Å². The van der Waals surface area contributed by atoms with Crippen LogP contribution in [0.2, 0.25) is 0 Å². The molecular weight excluding hydrogens is 260 g/mol. The molecule has 10 nitrogen and oxygen atoms in total. The third kappa shape index (κ3) is 5.48. The Kier molecular flexibility index (Phi) is 5.26. The molecule has 1 rings (SSSR count). The van der Waals surface area contributed by atoms with Gasteiger partial charge in [-0.15, -0.1) is 0 Å². The fourth-order valence-corrected chi connectivity index (χ4v) is 1.16. The van der Waals surface area contributed by atoms with Gasteiger partial charge in [-0.05, 0) is 6.42 Å². The van der Waals surface area contributed by atoms with Gasteiger partial charge in [0.25, 0.3) is 0 Å². The SMILES string of the molecule is O=C(O)CCC(NC(=O)NCc1ncon1)C(=O)O. The maximum Gasteiger partial charge on any atom is 0.326 e. The number of rotatable bonds is 7. The Bertz CT molecular complexity index is 446. The molecule has 2 amide bonds. The van der Waals surface area contributed by atoms with Crippen LogP contribution in [0.3, 0.4) is 0 Å². The van der Waals surface area contributed by atoms with Gasteiger partial charge in [-0.2, -0.15) is 4.98 Å². The number of amides is 2. The third-order valence-electron chi connectivity index (χ3n) is 2.06. The molecular formula is C9H12N4O6. The Morgan fingerprint density at radius 2 is 2.11 bits per heavy atom. The first kappa shape index (κ1) is 14.4. The summed E-state index contributed by atoms with van der Waals surface area (Å²) in [4.78, 5) is 36.2. The van der Waals surface area contributed by atoms with Crippen LogP contribution in [0.15, 0.2) is 10.9 Å². The Balaban J connectivity index is 2.38. The molecule has 10 heteroatoms. The lowest BCUT2D eigenvalue weighted by atomic mass is 10.1. The summed E-state index contributed by atoms with van der Waals surface area (Å²) in [6.07, 6.45) is 0.518. The summed E-state index contributed by atoms with van der Waals surface area (Å²) in [5, 5.41) is 25.2. The largest absolute Gasteiger partial charge is 0.481 e. The van der Waals surface area contributed by atoms with E-state index in [0.29, 0.717) is 0 Å². The van der Waals surface area contributed by atoms with Gasteiger partial charge in [-0.1, -0.05) is 5.16 Å². The molecule has 1 aromatic heterocycles. The summed E-state index contributed by atoms with van der Waals surface area (Å²) in [6, 6.07) is -2.04. The summed E-state index contributed by atoms with van der Waals surface area (Å²) in [6.45, 7) is -0.0341. The van der Waals surface area contributed by atoms with Crippen molar-refractivity contribution in [1.82, 2.24) is 20.8 Å². The minimum absolute atomic E-state index is 0.0341. The number of carbonyl (C=O) groups excluding carboxylic acids is 1. The molecule has 0 aliphatic rings. The molecule has 19 heavy (non-hydrogen) atoms. The van der Waals surface area contributed by atoms with Gasteiger partial charge in [-0.3, -0.25) is 4.79 Å². The van der Waals surface area contributed by atoms with Gasteiger partial charge < -0.3 is 25.4 Å². The molecule has 0 radical (unpaired) electrons. The Morgan fingerprint density at radius 1 is 1.37 bits per heavy atom. The highest BCUT2D eigenvalue weighted by atomic mass is 16.5.